The Morgan fingerprint density at radius 3 is 2.41 bits per heavy atom. The van der Waals surface area contributed by atoms with Crippen molar-refractivity contribution in [1.82, 2.24) is 5.32 Å². The third-order valence-corrected chi connectivity index (χ3v) is 4.51. The van der Waals surface area contributed by atoms with Crippen molar-refractivity contribution in [3.05, 3.63) is 54.1 Å². The number of hydrogen-bond acceptors (Lipinski definition) is 6. The maximum atomic E-state index is 6.11. The van der Waals surface area contributed by atoms with Gasteiger partial charge in [0.15, 0.2) is 17.3 Å². The minimum Gasteiger partial charge on any atom is -0.493 e. The molecule has 1 N–H and O–H groups in total. The van der Waals surface area contributed by atoms with Crippen molar-refractivity contribution in [1.29, 1.82) is 0 Å². The highest BCUT2D eigenvalue weighted by Gasteiger charge is 2.38. The quantitative estimate of drug-likeness (QED) is 0.682. The van der Waals surface area contributed by atoms with Gasteiger partial charge in [-0.15, -0.1) is 0 Å². The van der Waals surface area contributed by atoms with E-state index in [0.29, 0.717) is 43.6 Å². The SMILES string of the molecule is COc1cccc(OC)c1OCCNCC1CO[C@](C)(c2ccccc2)O1. The molecule has 1 unspecified atom stereocenters. The molecule has 1 aliphatic rings. The number of ether oxygens (including phenoxy) is 5. The van der Waals surface area contributed by atoms with Gasteiger partial charge in [0.2, 0.25) is 5.75 Å². The predicted molar refractivity (Wildman–Crippen MR) is 103 cm³/mol. The van der Waals surface area contributed by atoms with Crippen molar-refractivity contribution in [3.8, 4) is 17.2 Å². The first-order chi connectivity index (χ1) is 13.2. The molecule has 0 aromatic heterocycles. The molecule has 1 heterocycles. The molecule has 0 amide bonds. The first-order valence-corrected chi connectivity index (χ1v) is 9.08. The van der Waals surface area contributed by atoms with E-state index < -0.39 is 5.79 Å². The highest BCUT2D eigenvalue weighted by Crippen LogP contribution is 2.36. The van der Waals surface area contributed by atoms with E-state index in [2.05, 4.69) is 5.32 Å². The van der Waals surface area contributed by atoms with Crippen molar-refractivity contribution in [2.24, 2.45) is 0 Å². The molecule has 0 radical (unpaired) electrons. The van der Waals surface area contributed by atoms with Crippen LogP contribution in [0.2, 0.25) is 0 Å². The summed E-state index contributed by atoms with van der Waals surface area (Å²) >= 11 is 0. The molecule has 6 heteroatoms. The Morgan fingerprint density at radius 2 is 1.74 bits per heavy atom. The number of hydrogen-bond donors (Lipinski definition) is 1. The van der Waals surface area contributed by atoms with Gasteiger partial charge in [-0.1, -0.05) is 36.4 Å². The zero-order valence-corrected chi connectivity index (χ0v) is 16.1. The Morgan fingerprint density at radius 1 is 1.04 bits per heavy atom. The summed E-state index contributed by atoms with van der Waals surface area (Å²) in [4.78, 5) is 0. The number of benzene rings is 2. The molecule has 2 aromatic rings. The molecule has 2 aromatic carbocycles. The van der Waals surface area contributed by atoms with Crippen LogP contribution in [0.3, 0.4) is 0 Å². The Kier molecular flexibility index (Phi) is 6.55. The van der Waals surface area contributed by atoms with Crippen molar-refractivity contribution in [3.63, 3.8) is 0 Å². The topological polar surface area (TPSA) is 58.2 Å². The van der Waals surface area contributed by atoms with Gasteiger partial charge in [0, 0.05) is 18.7 Å². The normalized spacial score (nSPS) is 21.8. The molecular formula is C21H27NO5. The Bertz CT molecular complexity index is 702. The van der Waals surface area contributed by atoms with Crippen LogP contribution in [0.15, 0.2) is 48.5 Å². The van der Waals surface area contributed by atoms with Crippen LogP contribution in [0.4, 0.5) is 0 Å². The second-order valence-corrected chi connectivity index (χ2v) is 6.41. The largest absolute Gasteiger partial charge is 0.493 e. The van der Waals surface area contributed by atoms with Gasteiger partial charge in [-0.3, -0.25) is 0 Å². The van der Waals surface area contributed by atoms with Crippen LogP contribution in [-0.4, -0.2) is 46.6 Å². The lowest BCUT2D eigenvalue weighted by Gasteiger charge is -2.23. The number of methoxy groups -OCH3 is 2. The standard InChI is InChI=1S/C21H27NO5/c1-21(16-8-5-4-6-9-16)26-15-17(27-21)14-22-12-13-25-20-18(23-2)10-7-11-19(20)24-3/h4-11,17,22H,12-15H2,1-3H3/t17?,21-/m0/s1. The molecule has 6 nitrogen and oxygen atoms in total. The van der Waals surface area contributed by atoms with E-state index in [-0.39, 0.29) is 6.10 Å². The van der Waals surface area contributed by atoms with Crippen molar-refractivity contribution >= 4 is 0 Å². The van der Waals surface area contributed by atoms with Crippen LogP contribution in [0.25, 0.3) is 0 Å². The van der Waals surface area contributed by atoms with E-state index in [1.165, 1.54) is 0 Å². The highest BCUT2D eigenvalue weighted by atomic mass is 16.7. The van der Waals surface area contributed by atoms with Crippen LogP contribution in [-0.2, 0) is 15.3 Å². The van der Waals surface area contributed by atoms with E-state index in [9.17, 15) is 0 Å². The molecule has 0 bridgehead atoms. The Balaban J connectivity index is 1.43. The monoisotopic (exact) mass is 373 g/mol. The molecule has 0 spiro atoms. The molecule has 1 saturated heterocycles. The Labute approximate surface area is 160 Å². The fourth-order valence-corrected chi connectivity index (χ4v) is 3.08. The van der Waals surface area contributed by atoms with Gasteiger partial charge in [-0.2, -0.15) is 0 Å². The molecule has 1 aliphatic heterocycles. The Hall–Kier alpha value is -2.28. The lowest BCUT2D eigenvalue weighted by atomic mass is 10.1. The molecule has 3 rings (SSSR count). The van der Waals surface area contributed by atoms with Gasteiger partial charge in [-0.25, -0.2) is 0 Å². The minimum absolute atomic E-state index is 0.00370. The summed E-state index contributed by atoms with van der Waals surface area (Å²) in [6.45, 7) is 4.36. The maximum Gasteiger partial charge on any atom is 0.203 e. The van der Waals surface area contributed by atoms with Gasteiger partial charge >= 0.3 is 0 Å². The summed E-state index contributed by atoms with van der Waals surface area (Å²) in [6.07, 6.45) is -0.00370. The fourth-order valence-electron chi connectivity index (χ4n) is 3.08. The van der Waals surface area contributed by atoms with E-state index >= 15 is 0 Å². The van der Waals surface area contributed by atoms with Crippen LogP contribution in [0.1, 0.15) is 12.5 Å². The lowest BCUT2D eigenvalue weighted by Crippen LogP contribution is -2.33. The summed E-state index contributed by atoms with van der Waals surface area (Å²) in [7, 11) is 3.22. The number of rotatable bonds is 9. The van der Waals surface area contributed by atoms with Crippen LogP contribution in [0.5, 0.6) is 17.2 Å². The minimum atomic E-state index is -0.686. The van der Waals surface area contributed by atoms with E-state index in [0.717, 1.165) is 5.56 Å². The number of nitrogens with one attached hydrogen (secondary N) is 1. The summed E-state index contributed by atoms with van der Waals surface area (Å²) < 4.78 is 28.5. The van der Waals surface area contributed by atoms with E-state index in [4.69, 9.17) is 23.7 Å². The van der Waals surface area contributed by atoms with Gasteiger partial charge in [0.25, 0.3) is 0 Å². The summed E-state index contributed by atoms with van der Waals surface area (Å²) in [5, 5.41) is 3.35. The van der Waals surface area contributed by atoms with Gasteiger partial charge in [-0.05, 0) is 19.1 Å². The first kappa shape index (κ1) is 19.5. The smallest absolute Gasteiger partial charge is 0.203 e. The average molecular weight is 373 g/mol. The average Bonchev–Trinajstić information content (AvgIpc) is 3.10. The first-order valence-electron chi connectivity index (χ1n) is 9.08. The highest BCUT2D eigenvalue weighted by molar-refractivity contribution is 5.51. The molecule has 27 heavy (non-hydrogen) atoms. The molecule has 1 fully saturated rings. The summed E-state index contributed by atoms with van der Waals surface area (Å²) in [6, 6.07) is 15.6. The van der Waals surface area contributed by atoms with Gasteiger partial charge in [0.1, 0.15) is 6.61 Å². The molecule has 2 atom stereocenters. The summed E-state index contributed by atoms with van der Waals surface area (Å²) in [5.74, 6) is 1.23. The number of para-hydroxylation sites is 1. The lowest BCUT2D eigenvalue weighted by molar-refractivity contribution is -0.161. The third kappa shape index (κ3) is 4.71. The van der Waals surface area contributed by atoms with Crippen LogP contribution in [0, 0.1) is 0 Å². The molecule has 0 aliphatic carbocycles. The van der Waals surface area contributed by atoms with Gasteiger partial charge < -0.3 is 29.0 Å². The van der Waals surface area contributed by atoms with E-state index in [1.807, 2.05) is 55.5 Å². The zero-order valence-electron chi connectivity index (χ0n) is 16.1. The molecule has 146 valence electrons. The fraction of sp³-hybridized carbons (Fsp3) is 0.429. The van der Waals surface area contributed by atoms with Crippen LogP contribution < -0.4 is 19.5 Å². The second kappa shape index (κ2) is 9.08. The van der Waals surface area contributed by atoms with Crippen molar-refractivity contribution < 1.29 is 23.7 Å². The van der Waals surface area contributed by atoms with Crippen LogP contribution >= 0.6 is 0 Å². The van der Waals surface area contributed by atoms with Crippen molar-refractivity contribution in [2.45, 2.75) is 18.8 Å². The molecular weight excluding hydrogens is 346 g/mol. The van der Waals surface area contributed by atoms with Gasteiger partial charge in [0.05, 0.1) is 26.9 Å². The molecule has 0 saturated carbocycles. The third-order valence-electron chi connectivity index (χ3n) is 4.51. The zero-order chi connectivity index (χ0) is 19.1. The maximum absolute atomic E-state index is 6.11. The summed E-state index contributed by atoms with van der Waals surface area (Å²) in [5.41, 5.74) is 1.03. The second-order valence-electron chi connectivity index (χ2n) is 6.41. The van der Waals surface area contributed by atoms with E-state index in [1.54, 1.807) is 14.2 Å². The van der Waals surface area contributed by atoms with Crippen molar-refractivity contribution in [2.75, 3.05) is 40.5 Å². The predicted octanol–water partition coefficient (Wildman–Crippen LogP) is 2.96.